The Morgan fingerprint density at radius 1 is 1.18 bits per heavy atom. The Balaban J connectivity index is 1.78. The van der Waals surface area contributed by atoms with Gasteiger partial charge in [-0.25, -0.2) is 4.79 Å². The molecule has 0 spiro atoms. The first-order valence-corrected chi connectivity index (χ1v) is 11.1. The number of carbonyl (C=O) groups is 3. The number of carbonyl (C=O) groups excluding carboxylic acids is 3. The third-order valence-electron chi connectivity index (χ3n) is 5.77. The predicted molar refractivity (Wildman–Crippen MR) is 126 cm³/mol. The highest BCUT2D eigenvalue weighted by molar-refractivity contribution is 8.18. The Bertz CT molecular complexity index is 1370. The number of nitriles is 1. The highest BCUT2D eigenvalue weighted by atomic mass is 32.2. The van der Waals surface area contributed by atoms with E-state index < -0.39 is 23.2 Å². The Hall–Kier alpha value is -3.83. The zero-order chi connectivity index (χ0) is 23.7. The van der Waals surface area contributed by atoms with Crippen molar-refractivity contribution in [3.63, 3.8) is 0 Å². The summed E-state index contributed by atoms with van der Waals surface area (Å²) in [5.41, 5.74) is 4.17. The number of nitrogens with zero attached hydrogens (tertiary/aromatic N) is 3. The maximum atomic E-state index is 13.0. The largest absolute Gasteiger partial charge is 0.467 e. The van der Waals surface area contributed by atoms with E-state index in [1.165, 1.54) is 14.0 Å². The highest BCUT2D eigenvalue weighted by Crippen LogP contribution is 2.37. The van der Waals surface area contributed by atoms with Gasteiger partial charge in [-0.15, -0.1) is 0 Å². The number of aromatic nitrogens is 1. The number of rotatable bonds is 5. The maximum Gasteiger partial charge on any atom is 0.328 e. The Morgan fingerprint density at radius 3 is 2.61 bits per heavy atom. The van der Waals surface area contributed by atoms with Crippen LogP contribution in [0.2, 0.25) is 0 Å². The van der Waals surface area contributed by atoms with Gasteiger partial charge in [0.2, 0.25) is 0 Å². The summed E-state index contributed by atoms with van der Waals surface area (Å²) in [6.45, 7) is 3.90. The number of para-hydroxylation sites is 1. The number of imide groups is 1. The molecule has 0 unspecified atom stereocenters. The Kier molecular flexibility index (Phi) is 6.07. The van der Waals surface area contributed by atoms with Crippen LogP contribution in [0.3, 0.4) is 0 Å². The van der Waals surface area contributed by atoms with Crippen molar-refractivity contribution in [1.82, 2.24) is 9.47 Å². The lowest BCUT2D eigenvalue weighted by Crippen LogP contribution is -2.42. The molecule has 7 nitrogen and oxygen atoms in total. The average molecular weight is 460 g/mol. The van der Waals surface area contributed by atoms with Crippen molar-refractivity contribution >= 4 is 45.9 Å². The highest BCUT2D eigenvalue weighted by Gasteiger charge is 2.41. The molecule has 1 aromatic heterocycles. The summed E-state index contributed by atoms with van der Waals surface area (Å²) >= 11 is 0.808. The van der Waals surface area contributed by atoms with Gasteiger partial charge in [-0.05, 0) is 49.4 Å². The maximum absolute atomic E-state index is 13.0. The van der Waals surface area contributed by atoms with Gasteiger partial charge in [0, 0.05) is 28.7 Å². The van der Waals surface area contributed by atoms with Crippen molar-refractivity contribution in [3.8, 4) is 6.07 Å². The van der Waals surface area contributed by atoms with Crippen LogP contribution in [-0.4, -0.2) is 39.7 Å². The van der Waals surface area contributed by atoms with Crippen LogP contribution in [0.5, 0.6) is 0 Å². The minimum Gasteiger partial charge on any atom is -0.467 e. The second kappa shape index (κ2) is 8.96. The van der Waals surface area contributed by atoms with E-state index in [1.54, 1.807) is 12.1 Å². The number of fused-ring (bicyclic) bond motifs is 1. The fraction of sp³-hybridized carbons (Fsp3) is 0.200. The molecule has 4 rings (SSSR count). The number of amides is 2. The van der Waals surface area contributed by atoms with Crippen LogP contribution in [0, 0.1) is 18.3 Å². The molecule has 2 amide bonds. The number of ether oxygens (including phenoxy) is 1. The minimum atomic E-state index is -1.00. The van der Waals surface area contributed by atoms with Gasteiger partial charge in [0.25, 0.3) is 11.1 Å². The quantitative estimate of drug-likeness (QED) is 0.413. The van der Waals surface area contributed by atoms with Crippen LogP contribution in [0.4, 0.5) is 4.79 Å². The first kappa shape index (κ1) is 22.4. The smallest absolute Gasteiger partial charge is 0.328 e. The van der Waals surface area contributed by atoms with Crippen LogP contribution < -0.4 is 0 Å². The van der Waals surface area contributed by atoms with Crippen molar-refractivity contribution < 1.29 is 19.1 Å². The van der Waals surface area contributed by atoms with Crippen LogP contribution in [0.15, 0.2) is 53.4 Å². The van der Waals surface area contributed by atoms with Crippen molar-refractivity contribution in [1.29, 1.82) is 5.26 Å². The molecule has 8 heteroatoms. The molecule has 33 heavy (non-hydrogen) atoms. The van der Waals surface area contributed by atoms with E-state index >= 15 is 0 Å². The summed E-state index contributed by atoms with van der Waals surface area (Å²) in [7, 11) is 1.22. The molecule has 2 aromatic carbocycles. The number of esters is 1. The number of hydrogen-bond acceptors (Lipinski definition) is 6. The molecule has 1 atom stereocenters. The summed E-state index contributed by atoms with van der Waals surface area (Å²) in [4.78, 5) is 38.5. The monoisotopic (exact) mass is 459 g/mol. The first-order valence-electron chi connectivity index (χ1n) is 10.3. The molecular formula is C25H21N3O4S. The second-order valence-corrected chi connectivity index (χ2v) is 8.62. The van der Waals surface area contributed by atoms with Gasteiger partial charge in [0.15, 0.2) is 0 Å². The van der Waals surface area contributed by atoms with Crippen LogP contribution in [0.1, 0.15) is 29.3 Å². The molecule has 1 aliphatic heterocycles. The number of thioether (sulfide) groups is 1. The van der Waals surface area contributed by atoms with Crippen LogP contribution >= 0.6 is 11.8 Å². The normalized spacial score (nSPS) is 15.8. The van der Waals surface area contributed by atoms with Crippen molar-refractivity contribution in [2.24, 2.45) is 0 Å². The summed E-state index contributed by atoms with van der Waals surface area (Å²) in [6, 6.07) is 16.5. The molecule has 0 bridgehead atoms. The zero-order valence-corrected chi connectivity index (χ0v) is 19.2. The third kappa shape index (κ3) is 3.92. The lowest BCUT2D eigenvalue weighted by atomic mass is 10.1. The fourth-order valence-corrected chi connectivity index (χ4v) is 4.89. The fourth-order valence-electron chi connectivity index (χ4n) is 4.00. The van der Waals surface area contributed by atoms with E-state index in [4.69, 9.17) is 4.74 Å². The van der Waals surface area contributed by atoms with Gasteiger partial charge < -0.3 is 9.30 Å². The number of methoxy groups -OCH3 is 1. The summed E-state index contributed by atoms with van der Waals surface area (Å²) < 4.78 is 6.79. The third-order valence-corrected chi connectivity index (χ3v) is 6.66. The van der Waals surface area contributed by atoms with E-state index in [1.807, 2.05) is 49.4 Å². The zero-order valence-electron chi connectivity index (χ0n) is 18.4. The standard InChI is InChI=1S/C25H21N3O4S/c1-15-20(12-22-23(29)28(25(31)33-22)16(2)24(30)32-3)19-10-6-7-11-21(19)27(15)14-18-9-5-4-8-17(18)13-26/h4-12,16H,14H2,1-3H3/b22-12+/t16-/m1/s1. The van der Waals surface area contributed by atoms with Gasteiger partial charge in [0.1, 0.15) is 6.04 Å². The molecule has 0 saturated carbocycles. The first-order chi connectivity index (χ1) is 15.9. The number of benzene rings is 2. The Morgan fingerprint density at radius 2 is 1.88 bits per heavy atom. The molecule has 1 aliphatic rings. The molecule has 1 fully saturated rings. The predicted octanol–water partition coefficient (Wildman–Crippen LogP) is 4.47. The molecule has 2 heterocycles. The van der Waals surface area contributed by atoms with Crippen LogP contribution in [0.25, 0.3) is 17.0 Å². The van der Waals surface area contributed by atoms with E-state index in [2.05, 4.69) is 10.6 Å². The SMILES string of the molecule is COC(=O)[C@@H](C)N1C(=O)S/C(=C/c2c(C)n(Cc3ccccc3C#N)c3ccccc23)C1=O. The lowest BCUT2D eigenvalue weighted by molar-refractivity contribution is -0.148. The van der Waals surface area contributed by atoms with E-state index in [9.17, 15) is 19.6 Å². The molecule has 166 valence electrons. The summed E-state index contributed by atoms with van der Waals surface area (Å²) in [5.74, 6) is -1.17. The van der Waals surface area contributed by atoms with Crippen molar-refractivity contribution in [2.45, 2.75) is 26.4 Å². The van der Waals surface area contributed by atoms with Crippen molar-refractivity contribution in [2.75, 3.05) is 7.11 Å². The molecule has 0 N–H and O–H groups in total. The average Bonchev–Trinajstić information content (AvgIpc) is 3.26. The molecule has 1 saturated heterocycles. The topological polar surface area (TPSA) is 92.4 Å². The van der Waals surface area contributed by atoms with Gasteiger partial charge >= 0.3 is 5.97 Å². The molecule has 0 radical (unpaired) electrons. The van der Waals surface area contributed by atoms with Gasteiger partial charge in [-0.2, -0.15) is 5.26 Å². The van der Waals surface area contributed by atoms with E-state index in [-0.39, 0.29) is 4.91 Å². The van der Waals surface area contributed by atoms with Gasteiger partial charge in [0.05, 0.1) is 23.6 Å². The van der Waals surface area contributed by atoms with Gasteiger partial charge in [-0.1, -0.05) is 36.4 Å². The Labute approximate surface area is 195 Å². The summed E-state index contributed by atoms with van der Waals surface area (Å²) in [5, 5.41) is 9.90. The molecule has 0 aliphatic carbocycles. The summed E-state index contributed by atoms with van der Waals surface area (Å²) in [6.07, 6.45) is 1.71. The lowest BCUT2D eigenvalue weighted by Gasteiger charge is -2.18. The molecule has 3 aromatic rings. The van der Waals surface area contributed by atoms with Crippen molar-refractivity contribution in [3.05, 3.63) is 75.8 Å². The molecular weight excluding hydrogens is 438 g/mol. The van der Waals surface area contributed by atoms with E-state index in [0.717, 1.165) is 44.4 Å². The second-order valence-electron chi connectivity index (χ2n) is 7.62. The minimum absolute atomic E-state index is 0.249. The van der Waals surface area contributed by atoms with Gasteiger partial charge in [-0.3, -0.25) is 14.5 Å². The number of hydrogen-bond donors (Lipinski definition) is 0. The van der Waals surface area contributed by atoms with E-state index in [0.29, 0.717) is 12.1 Å². The van der Waals surface area contributed by atoms with Crippen LogP contribution in [-0.2, 0) is 20.9 Å².